The fourth-order valence-electron chi connectivity index (χ4n) is 4.06. The van der Waals surface area contributed by atoms with Crippen LogP contribution in [0.2, 0.25) is 0 Å². The summed E-state index contributed by atoms with van der Waals surface area (Å²) in [5.41, 5.74) is 6.17. The molecule has 0 unspecified atom stereocenters. The van der Waals surface area contributed by atoms with Crippen LogP contribution in [0.3, 0.4) is 0 Å². The number of likely N-dealkylation sites (tertiary alicyclic amines) is 1. The van der Waals surface area contributed by atoms with Crippen LogP contribution in [0.1, 0.15) is 51.1 Å². The van der Waals surface area contributed by atoms with Gasteiger partial charge >= 0.3 is 0 Å². The number of methoxy groups -OCH3 is 1. The predicted octanol–water partition coefficient (Wildman–Crippen LogP) is 2.09. The number of carbonyl (C=O) groups is 2. The third-order valence-corrected chi connectivity index (χ3v) is 6.50. The fraction of sp³-hybridized carbons (Fsp3) is 0.476. The first-order valence-electron chi connectivity index (χ1n) is 10.3. The van der Waals surface area contributed by atoms with Crippen LogP contribution in [0, 0.1) is 13.8 Å². The number of piperidine rings is 1. The van der Waals surface area contributed by atoms with Crippen LogP contribution in [-0.4, -0.2) is 63.1 Å². The van der Waals surface area contributed by atoms with Crippen molar-refractivity contribution in [1.82, 2.24) is 29.8 Å². The predicted molar refractivity (Wildman–Crippen MR) is 116 cm³/mol. The maximum atomic E-state index is 12.9. The number of ether oxygens (including phenoxy) is 1. The van der Waals surface area contributed by atoms with Crippen LogP contribution in [0.15, 0.2) is 17.8 Å². The summed E-state index contributed by atoms with van der Waals surface area (Å²) >= 11 is 1.39. The Morgan fingerprint density at radius 2 is 2.03 bits per heavy atom. The number of amides is 2. The Kier molecular flexibility index (Phi) is 6.28. The second-order valence-electron chi connectivity index (χ2n) is 7.77. The quantitative estimate of drug-likeness (QED) is 0.627. The third-order valence-electron chi connectivity index (χ3n) is 5.58. The van der Waals surface area contributed by atoms with E-state index in [0.717, 1.165) is 41.1 Å². The normalized spacial score (nSPS) is 14.9. The van der Waals surface area contributed by atoms with Gasteiger partial charge in [0.15, 0.2) is 5.65 Å². The minimum Gasteiger partial charge on any atom is -0.375 e. The molecule has 9 nitrogen and oxygen atoms in total. The van der Waals surface area contributed by atoms with Gasteiger partial charge in [-0.15, -0.1) is 11.3 Å². The minimum atomic E-state index is -0.175. The van der Waals surface area contributed by atoms with E-state index in [4.69, 9.17) is 4.74 Å². The number of rotatable bonds is 6. The van der Waals surface area contributed by atoms with E-state index in [1.54, 1.807) is 5.51 Å². The van der Waals surface area contributed by atoms with E-state index in [0.29, 0.717) is 24.5 Å². The molecule has 3 aromatic heterocycles. The van der Waals surface area contributed by atoms with Gasteiger partial charge in [-0.25, -0.2) is 14.5 Å². The molecule has 0 spiro atoms. The van der Waals surface area contributed by atoms with Crippen LogP contribution >= 0.6 is 11.3 Å². The summed E-state index contributed by atoms with van der Waals surface area (Å²) in [6, 6.07) is 1.95. The summed E-state index contributed by atoms with van der Waals surface area (Å²) in [5.74, 6) is 0.0941. The van der Waals surface area contributed by atoms with Crippen molar-refractivity contribution in [3.8, 4) is 0 Å². The van der Waals surface area contributed by atoms with Gasteiger partial charge in [-0.3, -0.25) is 9.59 Å². The van der Waals surface area contributed by atoms with E-state index < -0.39 is 0 Å². The topological polar surface area (TPSA) is 102 Å². The van der Waals surface area contributed by atoms with E-state index in [-0.39, 0.29) is 24.3 Å². The molecular weight excluding hydrogens is 416 g/mol. The number of hydrogen-bond acceptors (Lipinski definition) is 7. The maximum Gasteiger partial charge on any atom is 0.265 e. The molecule has 164 valence electrons. The smallest absolute Gasteiger partial charge is 0.265 e. The second kappa shape index (κ2) is 9.11. The van der Waals surface area contributed by atoms with E-state index >= 15 is 0 Å². The summed E-state index contributed by atoms with van der Waals surface area (Å²) in [5, 5.41) is 7.54. The first-order chi connectivity index (χ1) is 15.0. The average Bonchev–Trinajstić information content (AvgIpc) is 3.36. The van der Waals surface area contributed by atoms with Crippen molar-refractivity contribution in [2.75, 3.05) is 26.8 Å². The number of carbonyl (C=O) groups excluding carboxylic acids is 2. The lowest BCUT2D eigenvalue weighted by Gasteiger charge is -2.33. The summed E-state index contributed by atoms with van der Waals surface area (Å²) in [6.07, 6.45) is 3.46. The Morgan fingerprint density at radius 3 is 2.71 bits per heavy atom. The molecule has 0 aromatic carbocycles. The van der Waals surface area contributed by atoms with E-state index in [1.807, 2.05) is 35.5 Å². The Bertz CT molecular complexity index is 1100. The molecule has 0 bridgehead atoms. The van der Waals surface area contributed by atoms with E-state index in [9.17, 15) is 9.59 Å². The van der Waals surface area contributed by atoms with E-state index in [2.05, 4.69) is 20.4 Å². The van der Waals surface area contributed by atoms with Crippen molar-refractivity contribution in [2.45, 2.75) is 39.2 Å². The van der Waals surface area contributed by atoms with Gasteiger partial charge in [0.25, 0.3) is 5.91 Å². The van der Waals surface area contributed by atoms with Crippen LogP contribution in [0.4, 0.5) is 0 Å². The van der Waals surface area contributed by atoms with Gasteiger partial charge in [0.05, 0.1) is 22.6 Å². The highest BCUT2D eigenvalue weighted by atomic mass is 32.1. The van der Waals surface area contributed by atoms with Gasteiger partial charge in [-0.1, -0.05) is 0 Å². The van der Waals surface area contributed by atoms with Crippen molar-refractivity contribution < 1.29 is 14.3 Å². The molecule has 10 heteroatoms. The average molecular weight is 443 g/mol. The highest BCUT2D eigenvalue weighted by molar-refractivity contribution is 7.11. The highest BCUT2D eigenvalue weighted by Crippen LogP contribution is 2.32. The van der Waals surface area contributed by atoms with Gasteiger partial charge in [0.1, 0.15) is 11.5 Å². The molecular formula is C21H26N6O3S. The molecule has 4 rings (SSSR count). The van der Waals surface area contributed by atoms with Gasteiger partial charge in [0.2, 0.25) is 5.91 Å². The Balaban J connectivity index is 1.55. The van der Waals surface area contributed by atoms with Crippen molar-refractivity contribution in [3.05, 3.63) is 45.3 Å². The lowest BCUT2D eigenvalue weighted by molar-refractivity contribution is -0.124. The Morgan fingerprint density at radius 1 is 1.26 bits per heavy atom. The molecule has 1 aliphatic rings. The number of nitrogens with one attached hydrogen (secondary N) is 1. The zero-order chi connectivity index (χ0) is 22.0. The third kappa shape index (κ3) is 4.45. The molecule has 0 atom stereocenters. The first-order valence-corrected chi connectivity index (χ1v) is 11.1. The molecule has 1 fully saturated rings. The van der Waals surface area contributed by atoms with Gasteiger partial charge in [-0.2, -0.15) is 5.10 Å². The lowest BCUT2D eigenvalue weighted by atomic mass is 9.90. The Hall–Kier alpha value is -2.85. The molecule has 0 radical (unpaired) electrons. The number of nitrogens with zero attached hydrogens (tertiary/aromatic N) is 5. The van der Waals surface area contributed by atoms with Crippen molar-refractivity contribution >= 4 is 28.8 Å². The van der Waals surface area contributed by atoms with Crippen LogP contribution < -0.4 is 5.32 Å². The monoisotopic (exact) mass is 442 g/mol. The molecule has 1 N–H and O–H groups in total. The minimum absolute atomic E-state index is 0.0172. The maximum absolute atomic E-state index is 12.9. The molecule has 1 saturated heterocycles. The standard InChI is InChI=1S/C21H26N6O3S/c1-13-8-17-22-9-16(10-23-18(28)11-30-3)19(27(17)25-13)15-4-6-26(7-5-15)21(29)20-14(2)24-12-31-20/h8-9,12,15H,4-7,10-11H2,1-3H3,(H,23,28). The summed E-state index contributed by atoms with van der Waals surface area (Å²) in [7, 11) is 1.49. The summed E-state index contributed by atoms with van der Waals surface area (Å²) in [4.78, 5) is 36.1. The van der Waals surface area contributed by atoms with Gasteiger partial charge in [0, 0.05) is 50.5 Å². The number of fused-ring (bicyclic) bond motifs is 1. The number of hydrogen-bond donors (Lipinski definition) is 1. The zero-order valence-corrected chi connectivity index (χ0v) is 18.7. The molecule has 31 heavy (non-hydrogen) atoms. The van der Waals surface area contributed by atoms with Crippen LogP contribution in [0.25, 0.3) is 5.65 Å². The molecule has 0 saturated carbocycles. The van der Waals surface area contributed by atoms with E-state index in [1.165, 1.54) is 18.4 Å². The number of aromatic nitrogens is 4. The highest BCUT2D eigenvalue weighted by Gasteiger charge is 2.29. The largest absolute Gasteiger partial charge is 0.375 e. The van der Waals surface area contributed by atoms with Crippen LogP contribution in [-0.2, 0) is 16.1 Å². The fourth-order valence-corrected chi connectivity index (χ4v) is 4.82. The molecule has 4 heterocycles. The molecule has 0 aliphatic carbocycles. The second-order valence-corrected chi connectivity index (χ2v) is 8.62. The first kappa shape index (κ1) is 21.4. The van der Waals surface area contributed by atoms with Gasteiger partial charge in [-0.05, 0) is 26.7 Å². The van der Waals surface area contributed by atoms with Crippen LogP contribution in [0.5, 0.6) is 0 Å². The SMILES string of the molecule is COCC(=O)NCc1cnc2cc(C)nn2c1C1CCN(C(=O)c2scnc2C)CC1. The summed E-state index contributed by atoms with van der Waals surface area (Å²) < 4.78 is 6.79. The number of thiazole rings is 1. The van der Waals surface area contributed by atoms with Crippen molar-refractivity contribution in [1.29, 1.82) is 0 Å². The molecule has 2 amide bonds. The lowest BCUT2D eigenvalue weighted by Crippen LogP contribution is -2.38. The number of aryl methyl sites for hydroxylation is 2. The van der Waals surface area contributed by atoms with Gasteiger partial charge < -0.3 is 15.0 Å². The molecule has 3 aromatic rings. The van der Waals surface area contributed by atoms with Crippen molar-refractivity contribution in [3.63, 3.8) is 0 Å². The Labute approximate surface area is 184 Å². The zero-order valence-electron chi connectivity index (χ0n) is 17.9. The summed E-state index contributed by atoms with van der Waals surface area (Å²) in [6.45, 7) is 5.52. The molecule has 1 aliphatic heterocycles. The van der Waals surface area contributed by atoms with Crippen molar-refractivity contribution in [2.24, 2.45) is 0 Å².